The third-order valence-corrected chi connectivity index (χ3v) is 5.03. The van der Waals surface area contributed by atoms with Crippen molar-refractivity contribution in [3.63, 3.8) is 0 Å². The van der Waals surface area contributed by atoms with Gasteiger partial charge in [-0.3, -0.25) is 4.79 Å². The largest absolute Gasteiger partial charge is 0.318 e. The topological polar surface area (TPSA) is 59.8 Å². The average Bonchev–Trinajstić information content (AvgIpc) is 3.17. The Hall–Kier alpha value is -3.51. The Kier molecular flexibility index (Phi) is 5.33. The third kappa shape index (κ3) is 3.82. The summed E-state index contributed by atoms with van der Waals surface area (Å²) in [4.78, 5) is 17.4. The summed E-state index contributed by atoms with van der Waals surface area (Å²) in [7, 11) is 0. The van der Waals surface area contributed by atoms with Crippen LogP contribution in [0.2, 0.25) is 5.02 Å². The highest BCUT2D eigenvalue weighted by Crippen LogP contribution is 2.27. The van der Waals surface area contributed by atoms with E-state index in [2.05, 4.69) is 15.4 Å². The number of rotatable bonds is 4. The van der Waals surface area contributed by atoms with Crippen LogP contribution in [-0.4, -0.2) is 20.7 Å². The second-order valence-corrected chi connectivity index (χ2v) is 7.26. The fraction of sp³-hybridized carbons (Fsp3) is 0.0870. The molecule has 0 spiro atoms. The Labute approximate surface area is 178 Å². The first-order valence-corrected chi connectivity index (χ1v) is 9.67. The molecule has 1 N–H and O–H groups in total. The van der Waals surface area contributed by atoms with Crippen LogP contribution in [0, 0.1) is 19.7 Å². The van der Waals surface area contributed by atoms with E-state index in [0.29, 0.717) is 22.1 Å². The van der Waals surface area contributed by atoms with Crippen molar-refractivity contribution in [1.82, 2.24) is 14.8 Å². The number of halogens is 2. The van der Waals surface area contributed by atoms with E-state index in [1.54, 1.807) is 22.9 Å². The molecule has 0 fully saturated rings. The minimum Gasteiger partial charge on any atom is -0.318 e. The zero-order valence-corrected chi connectivity index (χ0v) is 17.1. The average molecular weight is 421 g/mol. The van der Waals surface area contributed by atoms with Crippen molar-refractivity contribution in [2.45, 2.75) is 13.8 Å². The van der Waals surface area contributed by atoms with E-state index in [1.165, 1.54) is 12.1 Å². The predicted molar refractivity (Wildman–Crippen MR) is 116 cm³/mol. The third-order valence-electron chi connectivity index (χ3n) is 4.72. The molecule has 0 unspecified atom stereocenters. The quantitative estimate of drug-likeness (QED) is 0.467. The van der Waals surface area contributed by atoms with Crippen molar-refractivity contribution < 1.29 is 9.18 Å². The molecule has 0 aliphatic carbocycles. The van der Waals surface area contributed by atoms with Crippen LogP contribution in [0.4, 0.5) is 10.1 Å². The Bertz CT molecular complexity index is 1210. The summed E-state index contributed by atoms with van der Waals surface area (Å²) >= 11 is 6.23. The van der Waals surface area contributed by atoms with Crippen LogP contribution in [0.25, 0.3) is 17.1 Å². The van der Waals surface area contributed by atoms with E-state index >= 15 is 0 Å². The number of anilines is 1. The van der Waals surface area contributed by atoms with Crippen molar-refractivity contribution >= 4 is 23.2 Å². The molecule has 0 saturated heterocycles. The number of amides is 1. The minimum atomic E-state index is -0.484. The monoisotopic (exact) mass is 420 g/mol. The number of aromatic nitrogens is 3. The summed E-state index contributed by atoms with van der Waals surface area (Å²) in [6, 6.07) is 18.9. The fourth-order valence-corrected chi connectivity index (χ4v) is 3.39. The number of nitrogens with zero attached hydrogens (tertiary/aromatic N) is 3. The maximum absolute atomic E-state index is 13.4. The summed E-state index contributed by atoms with van der Waals surface area (Å²) in [6.45, 7) is 3.79. The second kappa shape index (κ2) is 8.08. The summed E-state index contributed by atoms with van der Waals surface area (Å²) in [5, 5.41) is 7.68. The van der Waals surface area contributed by atoms with Gasteiger partial charge < -0.3 is 5.32 Å². The van der Waals surface area contributed by atoms with Crippen molar-refractivity contribution in [1.29, 1.82) is 0 Å². The molecule has 30 heavy (non-hydrogen) atoms. The lowest BCUT2D eigenvalue weighted by Crippen LogP contribution is -2.15. The fourth-order valence-electron chi connectivity index (χ4n) is 3.12. The van der Waals surface area contributed by atoms with Gasteiger partial charge in [0.1, 0.15) is 5.82 Å². The van der Waals surface area contributed by atoms with Gasteiger partial charge >= 0.3 is 0 Å². The van der Waals surface area contributed by atoms with Gasteiger partial charge in [-0.25, -0.2) is 14.1 Å². The molecule has 4 rings (SSSR count). The van der Waals surface area contributed by atoms with E-state index in [-0.39, 0.29) is 11.6 Å². The van der Waals surface area contributed by atoms with E-state index in [4.69, 9.17) is 11.6 Å². The molecular weight excluding hydrogens is 403 g/mol. The zero-order chi connectivity index (χ0) is 21.3. The Morgan fingerprint density at radius 3 is 2.37 bits per heavy atom. The molecule has 0 aliphatic heterocycles. The highest BCUT2D eigenvalue weighted by molar-refractivity contribution is 6.34. The molecule has 7 heteroatoms. The molecule has 3 aromatic carbocycles. The maximum Gasteiger partial charge on any atom is 0.295 e. The van der Waals surface area contributed by atoms with E-state index < -0.39 is 5.91 Å². The number of carbonyl (C=O) groups is 1. The number of aryl methyl sites for hydroxylation is 2. The number of benzene rings is 3. The van der Waals surface area contributed by atoms with Gasteiger partial charge in [0.25, 0.3) is 5.91 Å². The summed E-state index contributed by atoms with van der Waals surface area (Å²) in [6.07, 6.45) is 0. The standard InChI is InChI=1S/C23H18ClFN4O/c1-14-6-3-4-9-19(14)29-22(16-10-12-17(25)13-11-16)27-21(28-29)23(30)26-20-15(2)7-5-8-18(20)24/h3-13H,1-2H3,(H,26,30). The lowest BCUT2D eigenvalue weighted by atomic mass is 10.1. The predicted octanol–water partition coefficient (Wildman–Crippen LogP) is 5.60. The van der Waals surface area contributed by atoms with Crippen LogP contribution >= 0.6 is 11.6 Å². The molecule has 1 heterocycles. The van der Waals surface area contributed by atoms with E-state index in [1.807, 2.05) is 50.2 Å². The van der Waals surface area contributed by atoms with Crippen LogP contribution in [-0.2, 0) is 0 Å². The van der Waals surface area contributed by atoms with Gasteiger partial charge in [0.05, 0.1) is 16.4 Å². The molecular formula is C23H18ClFN4O. The number of para-hydroxylation sites is 2. The molecule has 1 aromatic heterocycles. The number of carbonyl (C=O) groups excluding carboxylic acids is 1. The van der Waals surface area contributed by atoms with Gasteiger partial charge in [0.2, 0.25) is 5.82 Å². The van der Waals surface area contributed by atoms with Crippen LogP contribution in [0.15, 0.2) is 66.7 Å². The Balaban J connectivity index is 1.80. The highest BCUT2D eigenvalue weighted by atomic mass is 35.5. The smallest absolute Gasteiger partial charge is 0.295 e. The highest BCUT2D eigenvalue weighted by Gasteiger charge is 2.21. The molecule has 0 radical (unpaired) electrons. The van der Waals surface area contributed by atoms with Crippen molar-refractivity contribution in [2.24, 2.45) is 0 Å². The molecule has 0 atom stereocenters. The van der Waals surface area contributed by atoms with Gasteiger partial charge in [-0.15, -0.1) is 5.10 Å². The van der Waals surface area contributed by atoms with Crippen LogP contribution in [0.5, 0.6) is 0 Å². The van der Waals surface area contributed by atoms with Crippen LogP contribution < -0.4 is 5.32 Å². The van der Waals surface area contributed by atoms with Crippen molar-refractivity contribution in [2.75, 3.05) is 5.32 Å². The van der Waals surface area contributed by atoms with Gasteiger partial charge in [-0.1, -0.05) is 41.9 Å². The van der Waals surface area contributed by atoms with Gasteiger partial charge in [0, 0.05) is 5.56 Å². The number of hydrogen-bond acceptors (Lipinski definition) is 3. The molecule has 4 aromatic rings. The molecule has 0 aliphatic rings. The Morgan fingerprint density at radius 1 is 0.967 bits per heavy atom. The van der Waals surface area contributed by atoms with Crippen molar-refractivity contribution in [3.05, 3.63) is 94.5 Å². The molecule has 5 nitrogen and oxygen atoms in total. The summed E-state index contributed by atoms with van der Waals surface area (Å²) < 4.78 is 15.0. The molecule has 1 amide bonds. The zero-order valence-electron chi connectivity index (χ0n) is 16.4. The maximum atomic E-state index is 13.4. The van der Waals surface area contributed by atoms with Gasteiger partial charge in [0.15, 0.2) is 5.82 Å². The first-order chi connectivity index (χ1) is 14.4. The first-order valence-electron chi connectivity index (χ1n) is 9.29. The lowest BCUT2D eigenvalue weighted by molar-refractivity contribution is 0.101. The van der Waals surface area contributed by atoms with Gasteiger partial charge in [-0.2, -0.15) is 0 Å². The number of hydrogen-bond donors (Lipinski definition) is 1. The SMILES string of the molecule is Cc1ccccc1-n1nc(C(=O)Nc2c(C)cccc2Cl)nc1-c1ccc(F)cc1. The molecule has 0 saturated carbocycles. The molecule has 150 valence electrons. The van der Waals surface area contributed by atoms with Crippen LogP contribution in [0.3, 0.4) is 0 Å². The normalized spacial score (nSPS) is 10.8. The Morgan fingerprint density at radius 2 is 1.67 bits per heavy atom. The lowest BCUT2D eigenvalue weighted by Gasteiger charge is -2.09. The minimum absolute atomic E-state index is 0.0168. The second-order valence-electron chi connectivity index (χ2n) is 6.85. The summed E-state index contributed by atoms with van der Waals surface area (Å²) in [5.74, 6) is -0.419. The number of nitrogens with one attached hydrogen (secondary N) is 1. The van der Waals surface area contributed by atoms with E-state index in [0.717, 1.165) is 16.8 Å². The van der Waals surface area contributed by atoms with Crippen LogP contribution in [0.1, 0.15) is 21.7 Å². The summed E-state index contributed by atoms with van der Waals surface area (Å²) in [5.41, 5.74) is 3.71. The van der Waals surface area contributed by atoms with Crippen molar-refractivity contribution in [3.8, 4) is 17.1 Å². The van der Waals surface area contributed by atoms with E-state index in [9.17, 15) is 9.18 Å². The van der Waals surface area contributed by atoms with Gasteiger partial charge in [-0.05, 0) is 61.4 Å². The molecule has 0 bridgehead atoms. The first kappa shape index (κ1) is 19.8.